The van der Waals surface area contributed by atoms with Crippen LogP contribution in [0.25, 0.3) is 0 Å². The second-order valence-corrected chi connectivity index (χ2v) is 9.08. The molecule has 0 bridgehead atoms. The van der Waals surface area contributed by atoms with Crippen molar-refractivity contribution in [3.63, 3.8) is 0 Å². The highest BCUT2D eigenvalue weighted by Crippen LogP contribution is 2.23. The first-order valence-electron chi connectivity index (χ1n) is 10.1. The van der Waals surface area contributed by atoms with E-state index < -0.39 is 10.0 Å². The van der Waals surface area contributed by atoms with Gasteiger partial charge in [-0.2, -0.15) is 0 Å². The Labute approximate surface area is 183 Å². The number of nitrogens with one attached hydrogen (secondary N) is 1. The van der Waals surface area contributed by atoms with Crippen LogP contribution in [0.2, 0.25) is 0 Å². The third-order valence-corrected chi connectivity index (χ3v) is 6.90. The number of benzene rings is 1. The number of ether oxygens (including phenoxy) is 2. The second-order valence-electron chi connectivity index (χ2n) is 7.11. The molecule has 1 amide bonds. The zero-order chi connectivity index (χ0) is 22.3. The van der Waals surface area contributed by atoms with Gasteiger partial charge in [-0.3, -0.25) is 19.0 Å². The van der Waals surface area contributed by atoms with Crippen LogP contribution in [0, 0.1) is 0 Å². The molecule has 1 aromatic heterocycles. The number of aromatic nitrogens is 1. The summed E-state index contributed by atoms with van der Waals surface area (Å²) in [6.45, 7) is 4.72. The number of hydrogen-bond acceptors (Lipinski definition) is 7. The van der Waals surface area contributed by atoms with Crippen LogP contribution in [-0.2, 0) is 14.8 Å². The Morgan fingerprint density at radius 3 is 2.61 bits per heavy atom. The van der Waals surface area contributed by atoms with Gasteiger partial charge >= 0.3 is 0 Å². The quantitative estimate of drug-likeness (QED) is 0.578. The number of hydrogen-bond donors (Lipinski definition) is 1. The summed E-state index contributed by atoms with van der Waals surface area (Å²) in [6, 6.07) is 9.16. The Hall–Kier alpha value is -2.69. The minimum Gasteiger partial charge on any atom is -0.497 e. The van der Waals surface area contributed by atoms with Gasteiger partial charge in [-0.25, -0.2) is 8.42 Å². The van der Waals surface area contributed by atoms with Crippen molar-refractivity contribution < 1.29 is 22.7 Å². The smallest absolute Gasteiger partial charge is 0.269 e. The summed E-state index contributed by atoms with van der Waals surface area (Å²) in [6.07, 6.45) is 2.25. The summed E-state index contributed by atoms with van der Waals surface area (Å²) in [5.74, 6) is 0.233. The van der Waals surface area contributed by atoms with Gasteiger partial charge in [0.15, 0.2) is 0 Å². The van der Waals surface area contributed by atoms with Gasteiger partial charge in [-0.05, 0) is 49.4 Å². The molecule has 9 nitrogen and oxygen atoms in total. The van der Waals surface area contributed by atoms with Crippen molar-refractivity contribution in [2.45, 2.75) is 11.3 Å². The average Bonchev–Trinajstić information content (AvgIpc) is 2.82. The van der Waals surface area contributed by atoms with Gasteiger partial charge < -0.3 is 14.8 Å². The van der Waals surface area contributed by atoms with E-state index in [-0.39, 0.29) is 16.5 Å². The van der Waals surface area contributed by atoms with E-state index in [4.69, 9.17) is 9.47 Å². The first kappa shape index (κ1) is 23.0. The zero-order valence-electron chi connectivity index (χ0n) is 17.8. The largest absolute Gasteiger partial charge is 0.497 e. The molecule has 1 saturated heterocycles. The molecular formula is C21H28N4O5S. The minimum atomic E-state index is -3.79. The van der Waals surface area contributed by atoms with Crippen LogP contribution >= 0.6 is 0 Å². The lowest BCUT2D eigenvalue weighted by Gasteiger charge is -2.26. The Balaban J connectivity index is 1.60. The molecule has 31 heavy (non-hydrogen) atoms. The van der Waals surface area contributed by atoms with Crippen LogP contribution in [0.3, 0.4) is 0 Å². The zero-order valence-corrected chi connectivity index (χ0v) is 18.6. The van der Waals surface area contributed by atoms with Crippen LogP contribution in [0.4, 0.5) is 5.69 Å². The van der Waals surface area contributed by atoms with Gasteiger partial charge in [0.1, 0.15) is 11.4 Å². The molecule has 3 rings (SSSR count). The predicted molar refractivity (Wildman–Crippen MR) is 117 cm³/mol. The third-order valence-electron chi connectivity index (χ3n) is 5.10. The number of sulfonamides is 1. The maximum absolute atomic E-state index is 12.9. The van der Waals surface area contributed by atoms with Crippen molar-refractivity contribution in [2.75, 3.05) is 57.9 Å². The van der Waals surface area contributed by atoms with Crippen LogP contribution in [-0.4, -0.2) is 77.8 Å². The number of pyridine rings is 1. The number of morpholine rings is 1. The molecule has 0 unspecified atom stereocenters. The third kappa shape index (κ3) is 5.93. The van der Waals surface area contributed by atoms with Crippen LogP contribution in [0.1, 0.15) is 16.9 Å². The maximum Gasteiger partial charge on any atom is 0.269 e. The van der Waals surface area contributed by atoms with E-state index >= 15 is 0 Å². The van der Waals surface area contributed by atoms with Crippen molar-refractivity contribution in [2.24, 2.45) is 0 Å². The topological polar surface area (TPSA) is 101 Å². The van der Waals surface area contributed by atoms with E-state index in [9.17, 15) is 13.2 Å². The number of carbonyl (C=O) groups excluding carboxylic acids is 1. The summed E-state index contributed by atoms with van der Waals surface area (Å²) in [7, 11) is -0.831. The molecular weight excluding hydrogens is 420 g/mol. The molecule has 1 aliphatic rings. The molecule has 0 radical (unpaired) electrons. The summed E-state index contributed by atoms with van der Waals surface area (Å²) < 4.78 is 37.4. The first-order chi connectivity index (χ1) is 14.9. The van der Waals surface area contributed by atoms with Gasteiger partial charge in [0.2, 0.25) is 0 Å². The number of rotatable bonds is 9. The Morgan fingerprint density at radius 2 is 1.94 bits per heavy atom. The lowest BCUT2D eigenvalue weighted by atomic mass is 10.3. The lowest BCUT2D eigenvalue weighted by molar-refractivity contribution is 0.0374. The fourth-order valence-electron chi connectivity index (χ4n) is 3.20. The average molecular weight is 449 g/mol. The monoisotopic (exact) mass is 448 g/mol. The van der Waals surface area contributed by atoms with Gasteiger partial charge in [0.25, 0.3) is 15.9 Å². The molecule has 10 heteroatoms. The van der Waals surface area contributed by atoms with E-state index in [1.165, 1.54) is 38.6 Å². The normalized spacial score (nSPS) is 14.8. The second kappa shape index (κ2) is 10.6. The highest BCUT2D eigenvalue weighted by atomic mass is 32.2. The molecule has 0 spiro atoms. The Morgan fingerprint density at radius 1 is 1.23 bits per heavy atom. The number of nitrogens with zero attached hydrogens (tertiary/aromatic N) is 3. The van der Waals surface area contributed by atoms with E-state index in [1.54, 1.807) is 18.2 Å². The van der Waals surface area contributed by atoms with Gasteiger partial charge in [-0.1, -0.05) is 0 Å². The molecule has 0 atom stereocenters. The minimum absolute atomic E-state index is 0.127. The van der Waals surface area contributed by atoms with Gasteiger partial charge in [-0.15, -0.1) is 0 Å². The number of anilines is 1. The van der Waals surface area contributed by atoms with E-state index in [2.05, 4.69) is 15.2 Å². The summed E-state index contributed by atoms with van der Waals surface area (Å²) in [4.78, 5) is 19.0. The lowest BCUT2D eigenvalue weighted by Crippen LogP contribution is -2.38. The van der Waals surface area contributed by atoms with Gasteiger partial charge in [0.05, 0.1) is 30.9 Å². The van der Waals surface area contributed by atoms with Crippen LogP contribution in [0.5, 0.6) is 5.75 Å². The maximum atomic E-state index is 12.9. The Kier molecular flexibility index (Phi) is 7.83. The predicted octanol–water partition coefficient (Wildman–Crippen LogP) is 1.37. The summed E-state index contributed by atoms with van der Waals surface area (Å²) >= 11 is 0. The molecule has 2 aromatic rings. The van der Waals surface area contributed by atoms with Crippen molar-refractivity contribution in [1.29, 1.82) is 0 Å². The fourth-order valence-corrected chi connectivity index (χ4v) is 4.39. The summed E-state index contributed by atoms with van der Waals surface area (Å²) in [5.41, 5.74) is 0.518. The SMILES string of the molecule is COc1ccc(S(=O)(=O)N(C)c2ccnc(C(=O)NCCCN3CCOCC3)c2)cc1. The molecule has 168 valence electrons. The fraction of sp³-hybridized carbons (Fsp3) is 0.429. The molecule has 2 heterocycles. The van der Waals surface area contributed by atoms with Crippen molar-refractivity contribution in [3.05, 3.63) is 48.3 Å². The number of methoxy groups -OCH3 is 1. The van der Waals surface area contributed by atoms with E-state index in [1.807, 2.05) is 0 Å². The van der Waals surface area contributed by atoms with Gasteiger partial charge in [0, 0.05) is 32.9 Å². The van der Waals surface area contributed by atoms with Crippen LogP contribution < -0.4 is 14.4 Å². The van der Waals surface area contributed by atoms with E-state index in [0.717, 1.165) is 43.6 Å². The molecule has 0 saturated carbocycles. The molecule has 1 N–H and O–H groups in total. The van der Waals surface area contributed by atoms with E-state index in [0.29, 0.717) is 18.0 Å². The standard InChI is InChI=1S/C21H28N4O5S/c1-24(31(27,28)19-6-4-18(29-2)5-7-19)17-8-10-22-20(16-17)21(26)23-9-3-11-25-12-14-30-15-13-25/h4-8,10,16H,3,9,11-15H2,1-2H3,(H,23,26). The first-order valence-corrected chi connectivity index (χ1v) is 11.5. The molecule has 1 aromatic carbocycles. The van der Waals surface area contributed by atoms with Crippen molar-refractivity contribution in [1.82, 2.24) is 15.2 Å². The Bertz CT molecular complexity index is 976. The molecule has 0 aliphatic carbocycles. The molecule has 1 fully saturated rings. The number of amides is 1. The van der Waals surface area contributed by atoms with Crippen molar-refractivity contribution >= 4 is 21.6 Å². The highest BCUT2D eigenvalue weighted by Gasteiger charge is 2.22. The summed E-state index contributed by atoms with van der Waals surface area (Å²) in [5, 5.41) is 2.85. The van der Waals surface area contributed by atoms with Crippen LogP contribution in [0.15, 0.2) is 47.5 Å². The highest BCUT2D eigenvalue weighted by molar-refractivity contribution is 7.92. The number of carbonyl (C=O) groups is 1. The molecule has 1 aliphatic heterocycles. The van der Waals surface area contributed by atoms with Crippen molar-refractivity contribution in [3.8, 4) is 5.75 Å².